The molecule has 1 amide bonds. The third kappa shape index (κ3) is 4.08. The number of nitrogens with one attached hydrogen (secondary N) is 2. The van der Waals surface area contributed by atoms with E-state index in [0.29, 0.717) is 16.7 Å². The minimum atomic E-state index is -3.86. The van der Waals surface area contributed by atoms with Gasteiger partial charge in [0.2, 0.25) is 0 Å². The molecule has 5 nitrogen and oxygen atoms in total. The van der Waals surface area contributed by atoms with Crippen LogP contribution in [0.2, 0.25) is 0 Å². The molecule has 0 saturated heterocycles. The molecule has 0 heterocycles. The smallest absolute Gasteiger partial charge is 0.266 e. The summed E-state index contributed by atoms with van der Waals surface area (Å²) in [5.74, 6) is -0.495. The quantitative estimate of drug-likeness (QED) is 0.805. The van der Waals surface area contributed by atoms with Crippen molar-refractivity contribution in [3.05, 3.63) is 63.7 Å². The van der Waals surface area contributed by atoms with Crippen LogP contribution in [0.4, 0.5) is 0 Å². The minimum Gasteiger partial charge on any atom is -0.273 e. The zero-order valence-corrected chi connectivity index (χ0v) is 16.0. The van der Waals surface area contributed by atoms with E-state index in [9.17, 15) is 13.2 Å². The maximum absolute atomic E-state index is 12.7. The lowest BCUT2D eigenvalue weighted by Crippen LogP contribution is -2.42. The average Bonchev–Trinajstić information content (AvgIpc) is 2.58. The van der Waals surface area contributed by atoms with Crippen molar-refractivity contribution in [3.8, 4) is 0 Å². The Balaban J connectivity index is 2.23. The van der Waals surface area contributed by atoms with Gasteiger partial charge in [0, 0.05) is 5.56 Å². The predicted octanol–water partition coefficient (Wildman–Crippen LogP) is 3.11. The molecule has 25 heavy (non-hydrogen) atoms. The van der Waals surface area contributed by atoms with E-state index in [2.05, 4.69) is 10.3 Å². The lowest BCUT2D eigenvalue weighted by atomic mass is 10.0. The van der Waals surface area contributed by atoms with Crippen LogP contribution in [0.3, 0.4) is 0 Å². The van der Waals surface area contributed by atoms with E-state index in [4.69, 9.17) is 0 Å². The summed E-state index contributed by atoms with van der Waals surface area (Å²) < 4.78 is 25.4. The average molecular weight is 360 g/mol. The van der Waals surface area contributed by atoms with Crippen LogP contribution in [0.15, 0.2) is 35.2 Å². The normalized spacial score (nSPS) is 11.4. The van der Waals surface area contributed by atoms with Gasteiger partial charge in [0.05, 0.1) is 4.90 Å². The Kier molecular flexibility index (Phi) is 5.65. The van der Waals surface area contributed by atoms with Gasteiger partial charge in [-0.2, -0.15) is 0 Å². The van der Waals surface area contributed by atoms with Crippen molar-refractivity contribution in [3.63, 3.8) is 0 Å². The van der Waals surface area contributed by atoms with Crippen molar-refractivity contribution in [2.75, 3.05) is 0 Å². The molecule has 0 aliphatic rings. The number of aryl methyl sites for hydroxylation is 3. The van der Waals surface area contributed by atoms with Gasteiger partial charge >= 0.3 is 0 Å². The van der Waals surface area contributed by atoms with E-state index < -0.39 is 15.9 Å². The van der Waals surface area contributed by atoms with E-state index in [0.717, 1.165) is 23.1 Å². The number of sulfonamides is 1. The monoisotopic (exact) mass is 360 g/mol. The van der Waals surface area contributed by atoms with Gasteiger partial charge in [-0.05, 0) is 74.1 Å². The molecule has 0 aromatic heterocycles. The van der Waals surface area contributed by atoms with Crippen LogP contribution in [-0.2, 0) is 16.4 Å². The Morgan fingerprint density at radius 3 is 1.96 bits per heavy atom. The number of benzene rings is 2. The molecule has 0 radical (unpaired) electrons. The molecule has 6 heteroatoms. The van der Waals surface area contributed by atoms with E-state index in [1.807, 2.05) is 39.0 Å². The second kappa shape index (κ2) is 7.37. The number of hydrogen-bond acceptors (Lipinski definition) is 3. The molecule has 2 N–H and O–H groups in total. The lowest BCUT2D eigenvalue weighted by molar-refractivity contribution is 0.0945. The number of hydrazine groups is 1. The van der Waals surface area contributed by atoms with Gasteiger partial charge in [-0.3, -0.25) is 10.2 Å². The van der Waals surface area contributed by atoms with Gasteiger partial charge in [-0.15, -0.1) is 4.83 Å². The Morgan fingerprint density at radius 1 is 0.960 bits per heavy atom. The highest BCUT2D eigenvalue weighted by Gasteiger charge is 2.22. The SMILES string of the molecule is CCc1ccc(C(=O)NNS(=O)(=O)c2c(C)c(C)cc(C)c2C)cc1. The number of rotatable bonds is 5. The van der Waals surface area contributed by atoms with Crippen molar-refractivity contribution < 1.29 is 13.2 Å². The second-order valence-electron chi connectivity index (χ2n) is 6.20. The van der Waals surface area contributed by atoms with Crippen molar-refractivity contribution in [2.45, 2.75) is 45.9 Å². The van der Waals surface area contributed by atoms with Gasteiger partial charge < -0.3 is 0 Å². The largest absolute Gasteiger partial charge is 0.273 e. The van der Waals surface area contributed by atoms with Crippen LogP contribution in [0.5, 0.6) is 0 Å². The fourth-order valence-electron chi connectivity index (χ4n) is 2.71. The van der Waals surface area contributed by atoms with Gasteiger partial charge in [-0.1, -0.05) is 25.1 Å². The number of carbonyl (C=O) groups is 1. The molecule has 0 unspecified atom stereocenters. The summed E-state index contributed by atoms with van der Waals surface area (Å²) in [6.45, 7) is 9.30. The first-order valence-electron chi connectivity index (χ1n) is 8.16. The van der Waals surface area contributed by atoms with Crippen molar-refractivity contribution >= 4 is 15.9 Å². The zero-order valence-electron chi connectivity index (χ0n) is 15.2. The van der Waals surface area contributed by atoms with Crippen LogP contribution in [0.1, 0.15) is 45.1 Å². The third-order valence-corrected chi connectivity index (χ3v) is 6.01. The molecule has 0 bridgehead atoms. The molecule has 2 aromatic carbocycles. The van der Waals surface area contributed by atoms with E-state index in [-0.39, 0.29) is 4.90 Å². The molecule has 0 fully saturated rings. The summed E-state index contributed by atoms with van der Waals surface area (Å²) in [4.78, 5) is 14.6. The Hall–Kier alpha value is -2.18. The molecule has 0 atom stereocenters. The minimum absolute atomic E-state index is 0.214. The van der Waals surface area contributed by atoms with Crippen molar-refractivity contribution in [1.82, 2.24) is 10.3 Å². The summed E-state index contributed by atoms with van der Waals surface area (Å²) in [7, 11) is -3.86. The fraction of sp³-hybridized carbons (Fsp3) is 0.316. The molecule has 134 valence electrons. The molecule has 2 aromatic rings. The standard InChI is InChI=1S/C19H24N2O3S/c1-6-16-7-9-17(10-8-16)19(22)20-21-25(23,24)18-14(4)12(2)11-13(3)15(18)5/h7-11,21H,6H2,1-5H3,(H,20,22). The first-order chi connectivity index (χ1) is 11.7. The second-order valence-corrected chi connectivity index (χ2v) is 7.82. The van der Waals surface area contributed by atoms with Crippen LogP contribution >= 0.6 is 0 Å². The Bertz CT molecular complexity index is 875. The van der Waals surface area contributed by atoms with Crippen molar-refractivity contribution in [1.29, 1.82) is 0 Å². The molecule has 0 aliphatic carbocycles. The van der Waals surface area contributed by atoms with Crippen LogP contribution in [0.25, 0.3) is 0 Å². The maximum atomic E-state index is 12.7. The number of amides is 1. The molecule has 2 rings (SSSR count). The summed E-state index contributed by atoms with van der Waals surface area (Å²) in [6, 6.07) is 9.01. The number of hydrogen-bond donors (Lipinski definition) is 2. The van der Waals surface area contributed by atoms with Crippen LogP contribution in [-0.4, -0.2) is 14.3 Å². The van der Waals surface area contributed by atoms with Gasteiger partial charge in [0.15, 0.2) is 0 Å². The highest BCUT2D eigenvalue weighted by Crippen LogP contribution is 2.25. The van der Waals surface area contributed by atoms with E-state index in [1.165, 1.54) is 0 Å². The summed E-state index contributed by atoms with van der Waals surface area (Å²) >= 11 is 0. The third-order valence-electron chi connectivity index (χ3n) is 4.49. The molecule has 0 saturated carbocycles. The first-order valence-corrected chi connectivity index (χ1v) is 9.64. The molecule has 0 spiro atoms. The molecule has 0 aliphatic heterocycles. The Morgan fingerprint density at radius 2 is 1.48 bits per heavy atom. The topological polar surface area (TPSA) is 75.3 Å². The van der Waals surface area contributed by atoms with Gasteiger partial charge in [0.25, 0.3) is 15.9 Å². The molecular weight excluding hydrogens is 336 g/mol. The highest BCUT2D eigenvalue weighted by molar-refractivity contribution is 7.89. The summed E-state index contributed by atoms with van der Waals surface area (Å²) in [5, 5.41) is 0. The first kappa shape index (κ1) is 19.1. The predicted molar refractivity (Wildman–Crippen MR) is 99.0 cm³/mol. The van der Waals surface area contributed by atoms with Crippen LogP contribution in [0, 0.1) is 27.7 Å². The van der Waals surface area contributed by atoms with Gasteiger partial charge in [-0.25, -0.2) is 8.42 Å². The van der Waals surface area contributed by atoms with E-state index in [1.54, 1.807) is 26.0 Å². The zero-order chi connectivity index (χ0) is 18.8. The lowest BCUT2D eigenvalue weighted by Gasteiger charge is -2.16. The summed E-state index contributed by atoms with van der Waals surface area (Å²) in [6.07, 6.45) is 0.875. The van der Waals surface area contributed by atoms with Gasteiger partial charge in [0.1, 0.15) is 0 Å². The Labute approximate surface area is 149 Å². The fourth-order valence-corrected chi connectivity index (χ4v) is 4.17. The van der Waals surface area contributed by atoms with Crippen LogP contribution < -0.4 is 10.3 Å². The number of carbonyl (C=O) groups excluding carboxylic acids is 1. The highest BCUT2D eigenvalue weighted by atomic mass is 32.2. The molecular formula is C19H24N2O3S. The van der Waals surface area contributed by atoms with Crippen molar-refractivity contribution in [2.24, 2.45) is 0 Å². The van der Waals surface area contributed by atoms with E-state index >= 15 is 0 Å². The maximum Gasteiger partial charge on any atom is 0.266 e. The summed E-state index contributed by atoms with van der Waals surface area (Å²) in [5.41, 5.74) is 6.94.